The second kappa shape index (κ2) is 10.2. The molecule has 1 saturated heterocycles. The number of hydrogen-bond donors (Lipinski definition) is 3. The number of carboxylic acids is 1. The van der Waals surface area contributed by atoms with Crippen molar-refractivity contribution in [3.8, 4) is 11.3 Å². The predicted molar refractivity (Wildman–Crippen MR) is 138 cm³/mol. The van der Waals surface area contributed by atoms with Crippen molar-refractivity contribution >= 4 is 28.2 Å². The van der Waals surface area contributed by atoms with E-state index in [0.29, 0.717) is 35.6 Å². The van der Waals surface area contributed by atoms with Crippen molar-refractivity contribution in [2.75, 3.05) is 25.0 Å². The molecule has 3 N–H and O–H groups in total. The summed E-state index contributed by atoms with van der Waals surface area (Å²) in [6.45, 7) is 4.38. The minimum Gasteiger partial charge on any atom is -0.481 e. The van der Waals surface area contributed by atoms with Crippen LogP contribution in [0.2, 0.25) is 0 Å². The van der Waals surface area contributed by atoms with E-state index >= 15 is 0 Å². The number of aromatic amines is 1. The number of rotatable bonds is 7. The lowest BCUT2D eigenvalue weighted by Gasteiger charge is -2.29. The van der Waals surface area contributed by atoms with E-state index in [0.717, 1.165) is 42.7 Å². The van der Waals surface area contributed by atoms with Crippen LogP contribution in [0.3, 0.4) is 0 Å². The zero-order valence-corrected chi connectivity index (χ0v) is 20.1. The number of hydrogen-bond acceptors (Lipinski definition) is 7. The lowest BCUT2D eigenvalue weighted by Crippen LogP contribution is -2.37. The molecule has 9 nitrogen and oxygen atoms in total. The number of carboxylic acid groups (broad SMARTS) is 1. The first-order valence-electron chi connectivity index (χ1n) is 12.1. The van der Waals surface area contributed by atoms with Gasteiger partial charge in [0.05, 0.1) is 17.0 Å². The van der Waals surface area contributed by atoms with Crippen molar-refractivity contribution in [1.82, 2.24) is 24.8 Å². The van der Waals surface area contributed by atoms with Gasteiger partial charge in [-0.3, -0.25) is 9.59 Å². The Kier molecular flexibility index (Phi) is 6.73. The Morgan fingerprint density at radius 3 is 2.56 bits per heavy atom. The highest BCUT2D eigenvalue weighted by atomic mass is 16.4. The highest BCUT2D eigenvalue weighted by molar-refractivity contribution is 5.95. The van der Waals surface area contributed by atoms with Gasteiger partial charge in [0, 0.05) is 36.4 Å². The standard InChI is InChI=1S/C27H28N6O3/c1-17-29-15-21(16-30-17)23-14-20-6-10-28-26(34)24(20)25(32-23)31-22-4-2-18(3-5-22)7-11-33-12-8-19(9-13-33)27(35)36/h2-6,10,14-16,19H,7-9,11-13H2,1H3,(H,28,34)(H,31,32)(H,35,36). The van der Waals surface area contributed by atoms with Crippen molar-refractivity contribution in [1.29, 1.82) is 0 Å². The van der Waals surface area contributed by atoms with E-state index in [1.165, 1.54) is 5.56 Å². The van der Waals surface area contributed by atoms with E-state index in [1.54, 1.807) is 18.6 Å². The molecule has 0 radical (unpaired) electrons. The Labute approximate surface area is 208 Å². The summed E-state index contributed by atoms with van der Waals surface area (Å²) in [7, 11) is 0. The summed E-state index contributed by atoms with van der Waals surface area (Å²) in [4.78, 5) is 42.1. The molecule has 9 heteroatoms. The average molecular weight is 485 g/mol. The first-order valence-corrected chi connectivity index (χ1v) is 12.1. The summed E-state index contributed by atoms with van der Waals surface area (Å²) >= 11 is 0. The van der Waals surface area contributed by atoms with Gasteiger partial charge in [-0.15, -0.1) is 0 Å². The number of likely N-dealkylation sites (tertiary alicyclic amines) is 1. The number of nitrogens with zero attached hydrogens (tertiary/aromatic N) is 4. The van der Waals surface area contributed by atoms with Crippen LogP contribution in [-0.2, 0) is 11.2 Å². The molecule has 0 aliphatic carbocycles. The van der Waals surface area contributed by atoms with Gasteiger partial charge < -0.3 is 20.3 Å². The Balaban J connectivity index is 1.32. The van der Waals surface area contributed by atoms with Crippen LogP contribution in [0, 0.1) is 12.8 Å². The van der Waals surface area contributed by atoms with E-state index in [1.807, 2.05) is 31.2 Å². The monoisotopic (exact) mass is 484 g/mol. The molecule has 1 aliphatic heterocycles. The number of fused-ring (bicyclic) bond motifs is 1. The lowest BCUT2D eigenvalue weighted by molar-refractivity contribution is -0.143. The van der Waals surface area contributed by atoms with Gasteiger partial charge in [-0.1, -0.05) is 12.1 Å². The molecule has 0 unspecified atom stereocenters. The summed E-state index contributed by atoms with van der Waals surface area (Å²) in [5.41, 5.74) is 3.27. The maximum Gasteiger partial charge on any atom is 0.306 e. The lowest BCUT2D eigenvalue weighted by atomic mass is 9.97. The number of anilines is 2. The van der Waals surface area contributed by atoms with Crippen LogP contribution >= 0.6 is 0 Å². The highest BCUT2D eigenvalue weighted by Crippen LogP contribution is 2.27. The van der Waals surface area contributed by atoms with E-state index in [-0.39, 0.29) is 11.5 Å². The fraction of sp³-hybridized carbons (Fsp3) is 0.296. The van der Waals surface area contributed by atoms with Crippen molar-refractivity contribution < 1.29 is 9.90 Å². The van der Waals surface area contributed by atoms with Crippen LogP contribution in [0.15, 0.2) is 59.8 Å². The van der Waals surface area contributed by atoms with Crippen molar-refractivity contribution in [3.63, 3.8) is 0 Å². The minimum absolute atomic E-state index is 0.208. The van der Waals surface area contributed by atoms with E-state index in [4.69, 9.17) is 10.1 Å². The SMILES string of the molecule is Cc1ncc(-c2cc3cc[nH]c(=O)c3c(Nc3ccc(CCN4CCC(C(=O)O)CC4)cc3)n2)cn1. The second-order valence-electron chi connectivity index (χ2n) is 9.17. The Hall–Kier alpha value is -4.11. The molecule has 0 spiro atoms. The molecular formula is C27H28N6O3. The molecule has 0 saturated carbocycles. The van der Waals surface area contributed by atoms with Gasteiger partial charge in [-0.25, -0.2) is 15.0 Å². The smallest absolute Gasteiger partial charge is 0.306 e. The fourth-order valence-corrected chi connectivity index (χ4v) is 4.56. The molecule has 0 bridgehead atoms. The maximum absolute atomic E-state index is 12.6. The molecule has 0 atom stereocenters. The molecule has 4 aromatic rings. The highest BCUT2D eigenvalue weighted by Gasteiger charge is 2.24. The Bertz CT molecular complexity index is 1430. The zero-order valence-electron chi connectivity index (χ0n) is 20.1. The zero-order chi connectivity index (χ0) is 25.1. The van der Waals surface area contributed by atoms with Crippen LogP contribution in [0.1, 0.15) is 24.2 Å². The van der Waals surface area contributed by atoms with E-state index in [2.05, 4.69) is 37.3 Å². The minimum atomic E-state index is -0.681. The van der Waals surface area contributed by atoms with Crippen LogP contribution < -0.4 is 10.9 Å². The topological polar surface area (TPSA) is 124 Å². The third-order valence-corrected chi connectivity index (χ3v) is 6.70. The molecule has 5 rings (SSSR count). The third kappa shape index (κ3) is 5.26. The Morgan fingerprint density at radius 2 is 1.86 bits per heavy atom. The van der Waals surface area contributed by atoms with Gasteiger partial charge in [0.25, 0.3) is 5.56 Å². The summed E-state index contributed by atoms with van der Waals surface area (Å²) in [6.07, 6.45) is 7.40. The molecule has 184 valence electrons. The number of carbonyl (C=O) groups is 1. The number of aliphatic carboxylic acids is 1. The normalized spacial score (nSPS) is 14.7. The molecule has 3 aromatic heterocycles. The average Bonchev–Trinajstić information content (AvgIpc) is 2.89. The molecule has 1 aliphatic rings. The number of aryl methyl sites for hydroxylation is 1. The first-order chi connectivity index (χ1) is 17.5. The van der Waals surface area contributed by atoms with Gasteiger partial charge in [-0.2, -0.15) is 0 Å². The number of nitrogens with one attached hydrogen (secondary N) is 2. The van der Waals surface area contributed by atoms with Crippen molar-refractivity contribution in [2.45, 2.75) is 26.2 Å². The quantitative estimate of drug-likeness (QED) is 0.362. The maximum atomic E-state index is 12.6. The van der Waals surface area contributed by atoms with Crippen LogP contribution in [0.5, 0.6) is 0 Å². The van der Waals surface area contributed by atoms with Gasteiger partial charge in [0.2, 0.25) is 0 Å². The predicted octanol–water partition coefficient (Wildman–Crippen LogP) is 3.77. The molecule has 36 heavy (non-hydrogen) atoms. The third-order valence-electron chi connectivity index (χ3n) is 6.70. The summed E-state index contributed by atoms with van der Waals surface area (Å²) in [5, 5.41) is 13.7. The number of pyridine rings is 2. The van der Waals surface area contributed by atoms with E-state index < -0.39 is 5.97 Å². The van der Waals surface area contributed by atoms with E-state index in [9.17, 15) is 9.59 Å². The van der Waals surface area contributed by atoms with Crippen LogP contribution in [-0.4, -0.2) is 55.5 Å². The molecule has 1 fully saturated rings. The van der Waals surface area contributed by atoms with Crippen molar-refractivity contribution in [3.05, 3.63) is 76.7 Å². The summed E-state index contributed by atoms with van der Waals surface area (Å²) in [6, 6.07) is 11.8. The Morgan fingerprint density at radius 1 is 1.14 bits per heavy atom. The number of H-pyrrole nitrogens is 1. The number of benzene rings is 1. The fourth-order valence-electron chi connectivity index (χ4n) is 4.56. The number of piperidine rings is 1. The molecule has 0 amide bonds. The number of aromatic nitrogens is 4. The van der Waals surface area contributed by atoms with Gasteiger partial charge in [0.1, 0.15) is 11.6 Å². The van der Waals surface area contributed by atoms with Gasteiger partial charge in [0.15, 0.2) is 0 Å². The summed E-state index contributed by atoms with van der Waals surface area (Å²) < 4.78 is 0. The van der Waals surface area contributed by atoms with Crippen LogP contribution in [0.25, 0.3) is 22.0 Å². The van der Waals surface area contributed by atoms with Gasteiger partial charge in [-0.05, 0) is 74.5 Å². The van der Waals surface area contributed by atoms with Gasteiger partial charge >= 0.3 is 5.97 Å². The van der Waals surface area contributed by atoms with Crippen molar-refractivity contribution in [2.24, 2.45) is 5.92 Å². The molecular weight excluding hydrogens is 456 g/mol. The molecule has 1 aromatic carbocycles. The van der Waals surface area contributed by atoms with Crippen LogP contribution in [0.4, 0.5) is 11.5 Å². The largest absolute Gasteiger partial charge is 0.481 e. The molecule has 4 heterocycles. The second-order valence-corrected chi connectivity index (χ2v) is 9.17. The first kappa shape index (κ1) is 23.6. The summed E-state index contributed by atoms with van der Waals surface area (Å²) in [5.74, 6) is 0.262.